The van der Waals surface area contributed by atoms with Gasteiger partial charge in [-0.05, 0) is 29.8 Å². The number of ether oxygens (including phenoxy) is 1. The number of hydrogen-bond acceptors (Lipinski definition) is 3. The zero-order valence-electron chi connectivity index (χ0n) is 11.0. The maximum absolute atomic E-state index is 10.4. The van der Waals surface area contributed by atoms with Gasteiger partial charge in [0.25, 0.3) is 0 Å². The van der Waals surface area contributed by atoms with E-state index in [9.17, 15) is 5.11 Å². The second-order valence-corrected chi connectivity index (χ2v) is 5.24. The number of furan rings is 1. The Labute approximate surface area is 121 Å². The van der Waals surface area contributed by atoms with Crippen molar-refractivity contribution in [2.24, 2.45) is 0 Å². The number of benzene rings is 1. The minimum absolute atomic E-state index is 0.495. The smallest absolute Gasteiger partial charge is 0.122 e. The van der Waals surface area contributed by atoms with Crippen LogP contribution in [0.25, 0.3) is 0 Å². The summed E-state index contributed by atoms with van der Waals surface area (Å²) in [4.78, 5) is 0. The van der Waals surface area contributed by atoms with Crippen LogP contribution in [0, 0.1) is 0 Å². The van der Waals surface area contributed by atoms with Crippen molar-refractivity contribution in [1.82, 2.24) is 0 Å². The van der Waals surface area contributed by atoms with Crippen molar-refractivity contribution in [3.63, 3.8) is 0 Å². The molecule has 0 spiro atoms. The van der Waals surface area contributed by atoms with Gasteiger partial charge in [0.05, 0.1) is 19.5 Å². The zero-order chi connectivity index (χ0) is 13.8. The molecule has 0 amide bonds. The standard InChI is InChI=1S/C15H17BrO3/c1-3-14-12(6-7-19-14)13(17)9-10-8-11(16)4-5-15(10)18-2/h4-8,13,17H,3,9H2,1-2H3. The summed E-state index contributed by atoms with van der Waals surface area (Å²) in [6, 6.07) is 7.61. The van der Waals surface area contributed by atoms with E-state index < -0.39 is 6.10 Å². The number of methoxy groups -OCH3 is 1. The number of rotatable bonds is 5. The van der Waals surface area contributed by atoms with Gasteiger partial charge in [-0.3, -0.25) is 0 Å². The van der Waals surface area contributed by atoms with E-state index in [4.69, 9.17) is 9.15 Å². The molecular weight excluding hydrogens is 308 g/mol. The molecule has 1 unspecified atom stereocenters. The maximum atomic E-state index is 10.4. The molecule has 0 aliphatic heterocycles. The Morgan fingerprint density at radius 3 is 2.84 bits per heavy atom. The fourth-order valence-electron chi connectivity index (χ4n) is 2.16. The minimum Gasteiger partial charge on any atom is -0.496 e. The lowest BCUT2D eigenvalue weighted by molar-refractivity contribution is 0.174. The van der Waals surface area contributed by atoms with Crippen molar-refractivity contribution in [3.8, 4) is 5.75 Å². The van der Waals surface area contributed by atoms with Crippen LogP contribution >= 0.6 is 15.9 Å². The topological polar surface area (TPSA) is 42.6 Å². The molecule has 19 heavy (non-hydrogen) atoms. The van der Waals surface area contributed by atoms with Gasteiger partial charge in [-0.2, -0.15) is 0 Å². The van der Waals surface area contributed by atoms with Gasteiger partial charge in [-0.25, -0.2) is 0 Å². The minimum atomic E-state index is -0.586. The molecule has 102 valence electrons. The van der Waals surface area contributed by atoms with Gasteiger partial charge in [0, 0.05) is 22.9 Å². The SMILES string of the molecule is CCc1occc1C(O)Cc1cc(Br)ccc1OC. The number of hydrogen-bond donors (Lipinski definition) is 1. The lowest BCUT2D eigenvalue weighted by atomic mass is 10.0. The molecule has 3 nitrogen and oxygen atoms in total. The van der Waals surface area contributed by atoms with Crippen LogP contribution in [0.3, 0.4) is 0 Å². The molecule has 0 saturated heterocycles. The molecule has 1 heterocycles. The van der Waals surface area contributed by atoms with Gasteiger partial charge in [-0.1, -0.05) is 22.9 Å². The largest absolute Gasteiger partial charge is 0.496 e. The van der Waals surface area contributed by atoms with E-state index in [1.54, 1.807) is 13.4 Å². The molecule has 1 aromatic heterocycles. The molecule has 2 aromatic rings. The van der Waals surface area contributed by atoms with Crippen LogP contribution < -0.4 is 4.74 Å². The molecule has 0 bridgehead atoms. The average molecular weight is 325 g/mol. The number of aliphatic hydroxyl groups is 1. The highest BCUT2D eigenvalue weighted by Gasteiger charge is 2.17. The van der Waals surface area contributed by atoms with E-state index in [0.29, 0.717) is 6.42 Å². The summed E-state index contributed by atoms with van der Waals surface area (Å²) in [5, 5.41) is 10.4. The van der Waals surface area contributed by atoms with Crippen LogP contribution in [0.1, 0.15) is 29.9 Å². The van der Waals surface area contributed by atoms with Crippen molar-refractivity contribution in [3.05, 3.63) is 51.9 Å². The Balaban J connectivity index is 2.23. The third-order valence-corrected chi connectivity index (χ3v) is 3.61. The van der Waals surface area contributed by atoms with Gasteiger partial charge >= 0.3 is 0 Å². The second kappa shape index (κ2) is 6.26. The summed E-state index contributed by atoms with van der Waals surface area (Å²) in [7, 11) is 1.63. The highest BCUT2D eigenvalue weighted by atomic mass is 79.9. The van der Waals surface area contributed by atoms with E-state index in [0.717, 1.165) is 33.5 Å². The Bertz CT molecular complexity index is 548. The van der Waals surface area contributed by atoms with Crippen molar-refractivity contribution < 1.29 is 14.3 Å². The Morgan fingerprint density at radius 1 is 1.37 bits per heavy atom. The van der Waals surface area contributed by atoms with Gasteiger partial charge in [-0.15, -0.1) is 0 Å². The van der Waals surface area contributed by atoms with Crippen LogP contribution in [0.15, 0.2) is 39.4 Å². The summed E-state index contributed by atoms with van der Waals surface area (Å²) in [5.41, 5.74) is 1.82. The van der Waals surface area contributed by atoms with Gasteiger partial charge in [0.15, 0.2) is 0 Å². The molecular formula is C15H17BrO3. The van der Waals surface area contributed by atoms with Crippen molar-refractivity contribution in [1.29, 1.82) is 0 Å². The molecule has 1 atom stereocenters. The first-order chi connectivity index (χ1) is 9.15. The Hall–Kier alpha value is -1.26. The molecule has 4 heteroatoms. The highest BCUT2D eigenvalue weighted by molar-refractivity contribution is 9.10. The van der Waals surface area contributed by atoms with E-state index in [1.165, 1.54) is 0 Å². The molecule has 2 rings (SSSR count). The lowest BCUT2D eigenvalue weighted by Gasteiger charge is -2.14. The molecule has 1 aromatic carbocycles. The molecule has 1 N–H and O–H groups in total. The van der Waals surface area contributed by atoms with E-state index >= 15 is 0 Å². The summed E-state index contributed by atoms with van der Waals surface area (Å²) in [6.07, 6.45) is 2.30. The predicted molar refractivity (Wildman–Crippen MR) is 77.4 cm³/mol. The van der Waals surface area contributed by atoms with E-state index in [2.05, 4.69) is 15.9 Å². The maximum Gasteiger partial charge on any atom is 0.122 e. The summed E-state index contributed by atoms with van der Waals surface area (Å²) < 4.78 is 11.6. The number of aryl methyl sites for hydroxylation is 1. The summed E-state index contributed by atoms with van der Waals surface area (Å²) >= 11 is 3.44. The summed E-state index contributed by atoms with van der Waals surface area (Å²) in [6.45, 7) is 2.01. The third kappa shape index (κ3) is 3.19. The van der Waals surface area contributed by atoms with E-state index in [1.807, 2.05) is 31.2 Å². The lowest BCUT2D eigenvalue weighted by Crippen LogP contribution is -2.04. The zero-order valence-corrected chi connectivity index (χ0v) is 12.6. The fourth-order valence-corrected chi connectivity index (χ4v) is 2.57. The van der Waals surface area contributed by atoms with Gasteiger partial charge in [0.2, 0.25) is 0 Å². The van der Waals surface area contributed by atoms with Crippen LogP contribution in [0.4, 0.5) is 0 Å². The van der Waals surface area contributed by atoms with Crippen LogP contribution in [-0.2, 0) is 12.8 Å². The van der Waals surface area contributed by atoms with E-state index in [-0.39, 0.29) is 0 Å². The fraction of sp³-hybridized carbons (Fsp3) is 0.333. The molecule has 0 aliphatic carbocycles. The predicted octanol–water partition coefficient (Wildman–Crippen LogP) is 3.89. The number of aliphatic hydroxyl groups excluding tert-OH is 1. The van der Waals surface area contributed by atoms with Crippen LogP contribution in [0.2, 0.25) is 0 Å². The molecule has 0 fully saturated rings. The average Bonchev–Trinajstić information content (AvgIpc) is 2.87. The first-order valence-corrected chi connectivity index (χ1v) is 7.01. The highest BCUT2D eigenvalue weighted by Crippen LogP contribution is 2.29. The molecule has 0 saturated carbocycles. The van der Waals surface area contributed by atoms with Crippen LogP contribution in [0.5, 0.6) is 5.75 Å². The quantitative estimate of drug-likeness (QED) is 0.907. The Kier molecular flexibility index (Phi) is 4.66. The molecule has 0 aliphatic rings. The Morgan fingerprint density at radius 2 is 2.16 bits per heavy atom. The summed E-state index contributed by atoms with van der Waals surface area (Å²) in [5.74, 6) is 1.62. The monoisotopic (exact) mass is 324 g/mol. The van der Waals surface area contributed by atoms with Gasteiger partial charge in [0.1, 0.15) is 11.5 Å². The van der Waals surface area contributed by atoms with Crippen molar-refractivity contribution in [2.75, 3.05) is 7.11 Å². The second-order valence-electron chi connectivity index (χ2n) is 4.33. The third-order valence-electron chi connectivity index (χ3n) is 3.12. The van der Waals surface area contributed by atoms with Crippen LogP contribution in [-0.4, -0.2) is 12.2 Å². The van der Waals surface area contributed by atoms with Crippen molar-refractivity contribution >= 4 is 15.9 Å². The first-order valence-electron chi connectivity index (χ1n) is 6.22. The molecule has 0 radical (unpaired) electrons. The number of halogens is 1. The van der Waals surface area contributed by atoms with Crippen molar-refractivity contribution in [2.45, 2.75) is 25.9 Å². The van der Waals surface area contributed by atoms with Gasteiger partial charge < -0.3 is 14.3 Å². The normalized spacial score (nSPS) is 12.4. The first kappa shape index (κ1) is 14.2.